The summed E-state index contributed by atoms with van der Waals surface area (Å²) in [5, 5.41) is 16.5. The largest absolute Gasteiger partial charge is 0.387 e. The quantitative estimate of drug-likeness (QED) is 0.0241. The second kappa shape index (κ2) is 23.7. The fourth-order valence-corrected chi connectivity index (χ4v) is 8.46. The molecule has 4 N–H and O–H groups in total. The van der Waals surface area contributed by atoms with Crippen molar-refractivity contribution in [3.63, 3.8) is 0 Å². The van der Waals surface area contributed by atoms with Crippen molar-refractivity contribution in [3.05, 3.63) is 117 Å². The zero-order chi connectivity index (χ0) is 48.8. The van der Waals surface area contributed by atoms with Crippen LogP contribution in [0.4, 0.5) is 11.4 Å². The molecule has 1 amide bonds. The molecule has 14 nitrogen and oxygen atoms in total. The molecule has 0 bridgehead atoms. The molecule has 15 heteroatoms. The number of aldehydes is 3. The number of likely N-dealkylation sites (N-methyl/N-ethyl adjacent to an activating group) is 2. The second-order valence-corrected chi connectivity index (χ2v) is 18.3. The summed E-state index contributed by atoms with van der Waals surface area (Å²) in [4.78, 5) is 61.6. The average Bonchev–Trinajstić information content (AvgIpc) is 3.61. The Hall–Kier alpha value is -6.97. The van der Waals surface area contributed by atoms with E-state index in [2.05, 4.69) is 29.0 Å². The number of benzene rings is 4. The number of hydrogen-bond acceptors (Lipinski definition) is 14. The van der Waals surface area contributed by atoms with Gasteiger partial charge in [0.05, 0.1) is 35.9 Å². The number of amides is 1. The van der Waals surface area contributed by atoms with Crippen molar-refractivity contribution in [2.45, 2.75) is 58.9 Å². The molecule has 4 aromatic carbocycles. The molecule has 2 heterocycles. The van der Waals surface area contributed by atoms with E-state index < -0.39 is 5.54 Å². The molecule has 2 aliphatic rings. The molecule has 0 aromatic heterocycles. The van der Waals surface area contributed by atoms with Crippen LogP contribution >= 0.6 is 11.9 Å². The number of rotatable bonds is 21. The lowest BCUT2D eigenvalue weighted by molar-refractivity contribution is -0.127. The van der Waals surface area contributed by atoms with Crippen LogP contribution < -0.4 is 15.8 Å². The van der Waals surface area contributed by atoms with E-state index in [4.69, 9.17) is 20.8 Å². The monoisotopic (exact) mass is 934 g/mol. The van der Waals surface area contributed by atoms with Gasteiger partial charge in [0, 0.05) is 97.6 Å². The van der Waals surface area contributed by atoms with Gasteiger partial charge in [0.2, 0.25) is 5.91 Å². The molecular formula is C53H62N10O4S. The van der Waals surface area contributed by atoms with E-state index in [0.29, 0.717) is 89.0 Å². The SMILES string of the molecule is CCCN(CCC)C(=O)C1=Cc2ccc(-c3ccc(C=O)c(/C=N\N(C)CC(C)(C)NC4=Nc5cc(-c6ccc(C=O)c(/C=N\N(C)CCNSC)c6)ccc5C=C(C=O)C4)c3)cc2N=C(N)C1. The number of nitrogens with one attached hydrogen (secondary N) is 2. The van der Waals surface area contributed by atoms with Gasteiger partial charge >= 0.3 is 0 Å². The Bertz CT molecular complexity index is 2700. The standard InChI is InChI=1S/C53H62N10O4S/c1-8-19-63(20-9-2)52(67)45-26-42-15-11-39(27-48(42)58-50(54)29-45)37-12-17-44(34-66)47(25-37)31-56-62(6)35-53(3,4)60-51-23-36(32-64)22-41-14-10-40(28-49(41)59-51)38-13-16-43(33-65)46(24-38)30-55-61(5)21-18-57-68-7/h10-17,22,24-28,30-34,57H,8-9,18-21,23,29,35H2,1-7H3,(H2,54,58)(H,59,60)/b55-30-,56-31-. The minimum Gasteiger partial charge on any atom is -0.387 e. The van der Waals surface area contributed by atoms with E-state index in [1.807, 2.05) is 117 Å². The van der Waals surface area contributed by atoms with Crippen molar-refractivity contribution in [1.82, 2.24) is 25.0 Å². The molecule has 0 spiro atoms. The van der Waals surface area contributed by atoms with Gasteiger partial charge in [-0.3, -0.25) is 33.9 Å². The van der Waals surface area contributed by atoms with Gasteiger partial charge in [-0.15, -0.1) is 0 Å². The highest BCUT2D eigenvalue weighted by Gasteiger charge is 2.24. The van der Waals surface area contributed by atoms with Crippen LogP contribution in [0.15, 0.2) is 104 Å². The number of hydrogen-bond donors (Lipinski definition) is 3. The summed E-state index contributed by atoms with van der Waals surface area (Å²) in [5.41, 5.74) is 15.9. The number of carbonyl (C=O) groups excluding carboxylic acids is 4. The van der Waals surface area contributed by atoms with Crippen LogP contribution in [-0.4, -0.2) is 122 Å². The second-order valence-electron chi connectivity index (χ2n) is 17.6. The number of carbonyl (C=O) groups is 4. The Morgan fingerprint density at radius 1 is 0.721 bits per heavy atom. The van der Waals surface area contributed by atoms with E-state index in [1.165, 1.54) is 0 Å². The predicted octanol–water partition coefficient (Wildman–Crippen LogP) is 8.55. The number of nitrogens with two attached hydrogens (primary N) is 1. The summed E-state index contributed by atoms with van der Waals surface area (Å²) >= 11 is 1.55. The van der Waals surface area contributed by atoms with Crippen LogP contribution in [0.2, 0.25) is 0 Å². The number of hydrazone groups is 2. The van der Waals surface area contributed by atoms with Gasteiger partial charge in [0.1, 0.15) is 18.0 Å². The van der Waals surface area contributed by atoms with Gasteiger partial charge in [0.25, 0.3) is 0 Å². The third-order valence-corrected chi connectivity index (χ3v) is 11.9. The Balaban J connectivity index is 1.19. The van der Waals surface area contributed by atoms with Crippen molar-refractivity contribution in [1.29, 1.82) is 0 Å². The highest BCUT2D eigenvalue weighted by Crippen LogP contribution is 2.34. The fourth-order valence-electron chi connectivity index (χ4n) is 8.16. The van der Waals surface area contributed by atoms with Gasteiger partial charge < -0.3 is 16.0 Å². The number of aliphatic imine (C=N–C) groups is 2. The first kappa shape index (κ1) is 50.4. The number of amidine groups is 2. The molecule has 68 heavy (non-hydrogen) atoms. The van der Waals surface area contributed by atoms with Crippen LogP contribution in [0.25, 0.3) is 34.4 Å². The van der Waals surface area contributed by atoms with Crippen molar-refractivity contribution in [2.75, 3.05) is 53.1 Å². The summed E-state index contributed by atoms with van der Waals surface area (Å²) in [5.74, 6) is 0.985. The van der Waals surface area contributed by atoms with Crippen LogP contribution in [0.1, 0.15) is 96.3 Å². The van der Waals surface area contributed by atoms with Crippen molar-refractivity contribution in [2.24, 2.45) is 25.9 Å². The van der Waals surface area contributed by atoms with Gasteiger partial charge in [0.15, 0.2) is 12.6 Å². The zero-order valence-electron chi connectivity index (χ0n) is 40.1. The highest BCUT2D eigenvalue weighted by molar-refractivity contribution is 7.96. The lowest BCUT2D eigenvalue weighted by Gasteiger charge is -2.31. The highest BCUT2D eigenvalue weighted by atomic mass is 32.2. The molecule has 4 aromatic rings. The van der Waals surface area contributed by atoms with Crippen molar-refractivity contribution >= 4 is 84.3 Å². The van der Waals surface area contributed by atoms with E-state index in [-0.39, 0.29) is 12.3 Å². The van der Waals surface area contributed by atoms with Crippen molar-refractivity contribution in [3.8, 4) is 22.3 Å². The van der Waals surface area contributed by atoms with Gasteiger partial charge in [-0.05, 0) is 91.6 Å². The first-order chi connectivity index (χ1) is 32.8. The Morgan fingerprint density at radius 3 is 1.82 bits per heavy atom. The predicted molar refractivity (Wildman–Crippen MR) is 281 cm³/mol. The summed E-state index contributed by atoms with van der Waals surface area (Å²) in [7, 11) is 3.75. The maximum Gasteiger partial charge on any atom is 0.250 e. The van der Waals surface area contributed by atoms with Crippen LogP contribution in [-0.2, 0) is 9.59 Å². The molecule has 0 unspecified atom stereocenters. The van der Waals surface area contributed by atoms with Gasteiger partial charge in [-0.2, -0.15) is 10.2 Å². The third kappa shape index (κ3) is 13.3. The Kier molecular flexibility index (Phi) is 17.5. The maximum atomic E-state index is 13.5. The molecule has 0 saturated carbocycles. The molecule has 0 radical (unpaired) electrons. The first-order valence-electron chi connectivity index (χ1n) is 22.8. The van der Waals surface area contributed by atoms with Crippen LogP contribution in [0.5, 0.6) is 0 Å². The molecule has 0 aliphatic carbocycles. The first-order valence-corrected chi connectivity index (χ1v) is 24.1. The van der Waals surface area contributed by atoms with Crippen molar-refractivity contribution < 1.29 is 19.2 Å². The summed E-state index contributed by atoms with van der Waals surface area (Å²) < 4.78 is 3.20. The summed E-state index contributed by atoms with van der Waals surface area (Å²) in [6, 6.07) is 23.0. The normalized spacial score (nSPS) is 13.6. The Morgan fingerprint density at radius 2 is 1.26 bits per heavy atom. The number of fused-ring (bicyclic) bond motifs is 2. The third-order valence-electron chi connectivity index (χ3n) is 11.4. The van der Waals surface area contributed by atoms with E-state index in [9.17, 15) is 19.2 Å². The van der Waals surface area contributed by atoms with Gasteiger partial charge in [-0.1, -0.05) is 74.3 Å². The van der Waals surface area contributed by atoms with E-state index in [1.54, 1.807) is 41.5 Å². The molecular weight excluding hydrogens is 873 g/mol. The minimum absolute atomic E-state index is 0.0138. The molecule has 0 atom stereocenters. The number of nitrogens with zero attached hydrogens (tertiary/aromatic N) is 7. The molecule has 6 rings (SSSR count). The fraction of sp³-hybridized carbons (Fsp3) is 0.321. The van der Waals surface area contributed by atoms with E-state index in [0.717, 1.165) is 71.6 Å². The van der Waals surface area contributed by atoms with Crippen LogP contribution in [0, 0.1) is 0 Å². The lowest BCUT2D eigenvalue weighted by atomic mass is 9.97. The topological polar surface area (TPSA) is 178 Å². The van der Waals surface area contributed by atoms with E-state index >= 15 is 0 Å². The molecule has 354 valence electrons. The average molecular weight is 935 g/mol. The smallest absolute Gasteiger partial charge is 0.250 e. The minimum atomic E-state index is -0.568. The summed E-state index contributed by atoms with van der Waals surface area (Å²) in [6.07, 6.45) is 13.9. The maximum absolute atomic E-state index is 13.5. The van der Waals surface area contributed by atoms with Gasteiger partial charge in [-0.25, -0.2) is 9.98 Å². The molecule has 0 fully saturated rings. The summed E-state index contributed by atoms with van der Waals surface area (Å²) in [6.45, 7) is 11.5. The zero-order valence-corrected chi connectivity index (χ0v) is 40.9. The lowest BCUT2D eigenvalue weighted by Crippen LogP contribution is -2.49. The molecule has 2 aliphatic heterocycles. The Labute approximate surface area is 404 Å². The molecule has 0 saturated heterocycles. The van der Waals surface area contributed by atoms with Crippen LogP contribution in [0.3, 0.4) is 0 Å².